The lowest BCUT2D eigenvalue weighted by atomic mass is 9.80. The Morgan fingerprint density at radius 2 is 1.57 bits per heavy atom. The number of para-hydroxylation sites is 1. The predicted molar refractivity (Wildman–Crippen MR) is 114 cm³/mol. The van der Waals surface area contributed by atoms with E-state index in [0.717, 1.165) is 31.7 Å². The van der Waals surface area contributed by atoms with Gasteiger partial charge in [-0.25, -0.2) is 0 Å². The molecular weight excluding hydrogens is 348 g/mol. The van der Waals surface area contributed by atoms with Gasteiger partial charge >= 0.3 is 0 Å². The van der Waals surface area contributed by atoms with Gasteiger partial charge in [-0.3, -0.25) is 9.63 Å². The summed E-state index contributed by atoms with van der Waals surface area (Å²) in [5.74, 6) is 1.42. The fourth-order valence-electron chi connectivity index (χ4n) is 4.23. The van der Waals surface area contributed by atoms with Crippen LogP contribution < -0.4 is 5.06 Å². The smallest absolute Gasteiger partial charge is 0.247 e. The molecule has 3 rings (SSSR count). The lowest BCUT2D eigenvalue weighted by Gasteiger charge is -2.41. The van der Waals surface area contributed by atoms with Crippen LogP contribution >= 0.6 is 0 Å². The summed E-state index contributed by atoms with van der Waals surface area (Å²) in [6, 6.07) is 20.3. The Bertz CT molecular complexity index is 723. The van der Waals surface area contributed by atoms with Crippen molar-refractivity contribution in [2.24, 2.45) is 17.8 Å². The van der Waals surface area contributed by atoms with Gasteiger partial charge in [-0.1, -0.05) is 62.4 Å². The molecule has 150 valence electrons. The Balaban J connectivity index is 1.53. The minimum atomic E-state index is -0.0909. The molecule has 1 aliphatic rings. The van der Waals surface area contributed by atoms with Crippen LogP contribution in [-0.2, 0) is 16.1 Å². The SMILES string of the molecule is CC(=O)N(OCC1C(C)CN(CCc2ccccc2)CC1C)c1ccccc1. The van der Waals surface area contributed by atoms with Crippen molar-refractivity contribution < 1.29 is 9.63 Å². The van der Waals surface area contributed by atoms with Gasteiger partial charge in [0.05, 0.1) is 12.3 Å². The number of likely N-dealkylation sites (tertiary alicyclic amines) is 1. The number of carbonyl (C=O) groups is 1. The zero-order valence-electron chi connectivity index (χ0n) is 17.3. The largest absolute Gasteiger partial charge is 0.302 e. The van der Waals surface area contributed by atoms with E-state index < -0.39 is 0 Å². The molecule has 0 N–H and O–H groups in total. The van der Waals surface area contributed by atoms with Crippen molar-refractivity contribution in [3.63, 3.8) is 0 Å². The fraction of sp³-hybridized carbons (Fsp3) is 0.458. The zero-order chi connectivity index (χ0) is 19.9. The number of anilines is 1. The Morgan fingerprint density at radius 3 is 2.14 bits per heavy atom. The molecule has 1 fully saturated rings. The summed E-state index contributed by atoms with van der Waals surface area (Å²) in [4.78, 5) is 20.6. The van der Waals surface area contributed by atoms with E-state index >= 15 is 0 Å². The molecule has 0 radical (unpaired) electrons. The summed E-state index contributed by atoms with van der Waals surface area (Å²) in [5, 5.41) is 1.43. The second-order valence-corrected chi connectivity index (χ2v) is 8.06. The zero-order valence-corrected chi connectivity index (χ0v) is 17.3. The van der Waals surface area contributed by atoms with Crippen molar-refractivity contribution in [1.82, 2.24) is 4.90 Å². The molecule has 2 atom stereocenters. The number of hydrogen-bond acceptors (Lipinski definition) is 3. The minimum Gasteiger partial charge on any atom is -0.302 e. The standard InChI is InChI=1S/C24H32N2O2/c1-19-16-25(15-14-22-10-6-4-7-11-22)17-20(2)24(19)18-28-26(21(3)27)23-12-8-5-9-13-23/h4-13,19-20,24H,14-18H2,1-3H3. The molecule has 0 aromatic heterocycles. The Labute approximate surface area is 169 Å². The third kappa shape index (κ3) is 5.43. The van der Waals surface area contributed by atoms with Crippen molar-refractivity contribution in [1.29, 1.82) is 0 Å². The van der Waals surface area contributed by atoms with E-state index in [-0.39, 0.29) is 5.91 Å². The molecular formula is C24H32N2O2. The lowest BCUT2D eigenvalue weighted by molar-refractivity contribution is -0.125. The van der Waals surface area contributed by atoms with E-state index in [1.807, 2.05) is 30.3 Å². The Morgan fingerprint density at radius 1 is 1.00 bits per heavy atom. The monoisotopic (exact) mass is 380 g/mol. The first-order chi connectivity index (χ1) is 13.5. The van der Waals surface area contributed by atoms with E-state index in [1.165, 1.54) is 10.6 Å². The van der Waals surface area contributed by atoms with Crippen LogP contribution in [0.4, 0.5) is 5.69 Å². The summed E-state index contributed by atoms with van der Waals surface area (Å²) in [6.07, 6.45) is 1.09. The van der Waals surface area contributed by atoms with Crippen LogP contribution in [0.15, 0.2) is 60.7 Å². The molecule has 0 bridgehead atoms. The van der Waals surface area contributed by atoms with Gasteiger partial charge in [-0.15, -0.1) is 0 Å². The van der Waals surface area contributed by atoms with Gasteiger partial charge in [0.1, 0.15) is 0 Å². The fourth-order valence-corrected chi connectivity index (χ4v) is 4.23. The van der Waals surface area contributed by atoms with Gasteiger partial charge in [0.2, 0.25) is 5.91 Å². The molecule has 1 amide bonds. The van der Waals surface area contributed by atoms with E-state index in [1.54, 1.807) is 6.92 Å². The van der Waals surface area contributed by atoms with Crippen LogP contribution in [0.2, 0.25) is 0 Å². The van der Waals surface area contributed by atoms with Crippen molar-refractivity contribution in [3.05, 3.63) is 66.2 Å². The van der Waals surface area contributed by atoms with Gasteiger partial charge < -0.3 is 4.90 Å². The average molecular weight is 381 g/mol. The first-order valence-electron chi connectivity index (χ1n) is 10.3. The van der Waals surface area contributed by atoms with Crippen molar-refractivity contribution in [2.75, 3.05) is 31.3 Å². The van der Waals surface area contributed by atoms with E-state index in [9.17, 15) is 4.79 Å². The Hall–Kier alpha value is -2.17. The summed E-state index contributed by atoms with van der Waals surface area (Å²) in [6.45, 7) is 9.98. The maximum Gasteiger partial charge on any atom is 0.247 e. The number of benzene rings is 2. The highest BCUT2D eigenvalue weighted by Gasteiger charge is 2.32. The number of nitrogens with zero attached hydrogens (tertiary/aromatic N) is 2. The number of amides is 1. The maximum absolute atomic E-state index is 12.0. The first kappa shape index (κ1) is 20.6. The summed E-state index contributed by atoms with van der Waals surface area (Å²) < 4.78 is 0. The highest BCUT2D eigenvalue weighted by Crippen LogP contribution is 2.29. The molecule has 2 unspecified atom stereocenters. The van der Waals surface area contributed by atoms with Gasteiger partial charge in [0.25, 0.3) is 0 Å². The van der Waals surface area contributed by atoms with Gasteiger partial charge in [0, 0.05) is 26.6 Å². The van der Waals surface area contributed by atoms with Crippen LogP contribution in [0.3, 0.4) is 0 Å². The van der Waals surface area contributed by atoms with E-state index in [2.05, 4.69) is 49.1 Å². The minimum absolute atomic E-state index is 0.0909. The van der Waals surface area contributed by atoms with Gasteiger partial charge in [-0.2, -0.15) is 5.06 Å². The number of piperidine rings is 1. The summed E-state index contributed by atoms with van der Waals surface area (Å²) >= 11 is 0. The van der Waals surface area contributed by atoms with Crippen molar-refractivity contribution >= 4 is 11.6 Å². The summed E-state index contributed by atoms with van der Waals surface area (Å²) in [7, 11) is 0. The molecule has 1 heterocycles. The number of carbonyl (C=O) groups excluding carboxylic acids is 1. The van der Waals surface area contributed by atoms with Crippen LogP contribution in [0.1, 0.15) is 26.3 Å². The van der Waals surface area contributed by atoms with Crippen molar-refractivity contribution in [3.8, 4) is 0 Å². The molecule has 0 saturated carbocycles. The van der Waals surface area contributed by atoms with Gasteiger partial charge in [-0.05, 0) is 41.9 Å². The number of hydroxylamine groups is 1. The predicted octanol–water partition coefficient (Wildman–Crippen LogP) is 4.42. The molecule has 1 saturated heterocycles. The second kappa shape index (κ2) is 9.85. The van der Waals surface area contributed by atoms with Gasteiger partial charge in [0.15, 0.2) is 0 Å². The molecule has 2 aromatic carbocycles. The maximum atomic E-state index is 12.0. The molecule has 1 aliphatic heterocycles. The number of hydrogen-bond donors (Lipinski definition) is 0. The molecule has 4 nitrogen and oxygen atoms in total. The third-order valence-corrected chi connectivity index (χ3v) is 5.79. The highest BCUT2D eigenvalue weighted by atomic mass is 16.7. The molecule has 2 aromatic rings. The molecule has 0 aliphatic carbocycles. The second-order valence-electron chi connectivity index (χ2n) is 8.06. The lowest BCUT2D eigenvalue weighted by Crippen LogP contribution is -2.47. The average Bonchev–Trinajstić information content (AvgIpc) is 2.69. The van der Waals surface area contributed by atoms with Crippen LogP contribution in [0.25, 0.3) is 0 Å². The molecule has 4 heteroatoms. The third-order valence-electron chi connectivity index (χ3n) is 5.79. The van der Waals surface area contributed by atoms with E-state index in [4.69, 9.17) is 4.84 Å². The van der Waals surface area contributed by atoms with Crippen LogP contribution in [0, 0.1) is 17.8 Å². The highest BCUT2D eigenvalue weighted by molar-refractivity contribution is 5.89. The summed E-state index contributed by atoms with van der Waals surface area (Å²) in [5.41, 5.74) is 2.18. The quantitative estimate of drug-likeness (QED) is 0.667. The topological polar surface area (TPSA) is 32.8 Å². The first-order valence-corrected chi connectivity index (χ1v) is 10.3. The molecule has 0 spiro atoms. The number of rotatable bonds is 7. The van der Waals surface area contributed by atoms with E-state index in [0.29, 0.717) is 24.4 Å². The van der Waals surface area contributed by atoms with Crippen LogP contribution in [-0.4, -0.2) is 37.0 Å². The normalized spacial score (nSPS) is 22.8. The van der Waals surface area contributed by atoms with Crippen LogP contribution in [0.5, 0.6) is 0 Å². The molecule has 28 heavy (non-hydrogen) atoms. The van der Waals surface area contributed by atoms with Crippen molar-refractivity contribution in [2.45, 2.75) is 27.2 Å². The Kier molecular flexibility index (Phi) is 7.24.